The van der Waals surface area contributed by atoms with Crippen LogP contribution in [-0.2, 0) is 20.9 Å². The van der Waals surface area contributed by atoms with Crippen molar-refractivity contribution in [2.75, 3.05) is 43.7 Å². The molecule has 0 aromatic heterocycles. The quantitative estimate of drug-likeness (QED) is 0.215. The number of benzene rings is 3. The average molecular weight is 625 g/mol. The topological polar surface area (TPSA) is 59.1 Å². The minimum Gasteiger partial charge on any atom is -0.486 e. The molecule has 1 atom stereocenters. The molecule has 5 rings (SSSR count). The van der Waals surface area contributed by atoms with Gasteiger partial charge in [0.1, 0.15) is 17.7 Å². The fourth-order valence-electron chi connectivity index (χ4n) is 5.10. The zero-order valence-electron chi connectivity index (χ0n) is 22.7. The summed E-state index contributed by atoms with van der Waals surface area (Å²) >= 11 is 6.22. The molecule has 0 bridgehead atoms. The number of allylic oxidation sites excluding steroid dienone is 1. The van der Waals surface area contributed by atoms with E-state index in [1.165, 1.54) is 12.1 Å². The number of nitrogens with zero attached hydrogens (tertiary/aromatic N) is 2. The molecular weight excluding hydrogens is 596 g/mol. The number of ether oxygens (including phenoxy) is 2. The largest absolute Gasteiger partial charge is 0.486 e. The van der Waals surface area contributed by atoms with Gasteiger partial charge in [0, 0.05) is 25.2 Å². The van der Waals surface area contributed by atoms with Crippen molar-refractivity contribution in [2.45, 2.75) is 30.5 Å². The molecule has 42 heavy (non-hydrogen) atoms. The number of anilines is 1. The summed E-state index contributed by atoms with van der Waals surface area (Å²) in [6.45, 7) is 4.94. The summed E-state index contributed by atoms with van der Waals surface area (Å²) in [4.78, 5) is 1.71. The van der Waals surface area contributed by atoms with Gasteiger partial charge < -0.3 is 9.47 Å². The van der Waals surface area contributed by atoms with Crippen LogP contribution < -0.4 is 9.04 Å². The van der Waals surface area contributed by atoms with Gasteiger partial charge in [-0.15, -0.1) is 0 Å². The fraction of sp³-hybridized carbons (Fsp3) is 0.333. The van der Waals surface area contributed by atoms with E-state index in [0.29, 0.717) is 43.4 Å². The van der Waals surface area contributed by atoms with Crippen molar-refractivity contribution < 1.29 is 35.5 Å². The van der Waals surface area contributed by atoms with Gasteiger partial charge >= 0.3 is 6.18 Å². The maximum Gasteiger partial charge on any atom is 0.416 e. The molecule has 2 aliphatic heterocycles. The standard InChI is InChI=1S/C30H29ClF4N2O4S/c1-20(29-25(31)6-3-7-26(29)32)16-21-8-9-28-27(17-21)37(19-23(41-28)10-11-36-12-14-40-15-13-36)42(38,39)24-5-2-4-22(18-24)30(33,34)35/h2-9,16-18,23H,10-15,19H2,1H3/b20-16+/t23-/m0/s1. The predicted molar refractivity (Wildman–Crippen MR) is 154 cm³/mol. The van der Waals surface area contributed by atoms with E-state index >= 15 is 0 Å². The number of fused-ring (bicyclic) bond motifs is 1. The van der Waals surface area contributed by atoms with Gasteiger partial charge in [-0.05, 0) is 66.9 Å². The molecule has 1 saturated heterocycles. The molecule has 1 fully saturated rings. The van der Waals surface area contributed by atoms with Gasteiger partial charge in [0.05, 0.1) is 40.9 Å². The van der Waals surface area contributed by atoms with E-state index in [9.17, 15) is 26.0 Å². The van der Waals surface area contributed by atoms with Crippen LogP contribution in [-0.4, -0.2) is 58.8 Å². The lowest BCUT2D eigenvalue weighted by Gasteiger charge is -2.37. The highest BCUT2D eigenvalue weighted by atomic mass is 35.5. The Balaban J connectivity index is 1.52. The third kappa shape index (κ3) is 6.59. The average Bonchev–Trinajstić information content (AvgIpc) is 2.96. The maximum atomic E-state index is 14.5. The third-order valence-corrected chi connectivity index (χ3v) is 9.37. The van der Waals surface area contributed by atoms with Gasteiger partial charge in [0.25, 0.3) is 10.0 Å². The van der Waals surface area contributed by atoms with Crippen molar-refractivity contribution in [1.29, 1.82) is 0 Å². The minimum atomic E-state index is -4.71. The van der Waals surface area contributed by atoms with E-state index < -0.39 is 38.6 Å². The van der Waals surface area contributed by atoms with Crippen molar-refractivity contribution in [3.8, 4) is 5.75 Å². The predicted octanol–water partition coefficient (Wildman–Crippen LogP) is 6.74. The van der Waals surface area contributed by atoms with Crippen molar-refractivity contribution in [3.63, 3.8) is 0 Å². The highest BCUT2D eigenvalue weighted by molar-refractivity contribution is 7.92. The summed E-state index contributed by atoms with van der Waals surface area (Å²) in [7, 11) is -4.43. The summed E-state index contributed by atoms with van der Waals surface area (Å²) in [5.41, 5.74) is 0.367. The smallest absolute Gasteiger partial charge is 0.416 e. The Bertz CT molecular complexity index is 1570. The Morgan fingerprint density at radius 3 is 2.52 bits per heavy atom. The number of alkyl halides is 3. The van der Waals surface area contributed by atoms with Crippen LogP contribution in [0.1, 0.15) is 30.0 Å². The summed E-state index contributed by atoms with van der Waals surface area (Å²) in [6.07, 6.45) is -3.09. The van der Waals surface area contributed by atoms with Crippen LogP contribution in [0.5, 0.6) is 5.75 Å². The molecule has 2 aliphatic rings. The van der Waals surface area contributed by atoms with Crippen molar-refractivity contribution in [2.24, 2.45) is 0 Å². The monoisotopic (exact) mass is 624 g/mol. The SMILES string of the molecule is C/C(=C\c1ccc2c(c1)N(S(=O)(=O)c1cccc(C(F)(F)F)c1)C[C@H](CCN1CCOCC1)O2)c1c(F)cccc1Cl. The normalized spacial score (nSPS) is 18.5. The lowest BCUT2D eigenvalue weighted by molar-refractivity contribution is -0.137. The van der Waals surface area contributed by atoms with Crippen molar-refractivity contribution in [3.05, 3.63) is 88.2 Å². The molecule has 0 aliphatic carbocycles. The van der Waals surface area contributed by atoms with E-state index in [1.807, 2.05) is 0 Å². The fourth-order valence-corrected chi connectivity index (χ4v) is 6.96. The van der Waals surface area contributed by atoms with Crippen molar-refractivity contribution >= 4 is 39.0 Å². The highest BCUT2D eigenvalue weighted by Gasteiger charge is 2.37. The van der Waals surface area contributed by atoms with Crippen LogP contribution >= 0.6 is 11.6 Å². The van der Waals surface area contributed by atoms with Crippen LogP contribution in [0.25, 0.3) is 11.6 Å². The molecule has 0 spiro atoms. The number of halogens is 5. The molecule has 12 heteroatoms. The number of rotatable bonds is 7. The molecular formula is C30H29ClF4N2O4S. The third-order valence-electron chi connectivity index (χ3n) is 7.28. The molecule has 224 valence electrons. The Hall–Kier alpha value is -3.12. The van der Waals surface area contributed by atoms with E-state index in [2.05, 4.69) is 4.90 Å². The first-order chi connectivity index (χ1) is 19.9. The molecule has 6 nitrogen and oxygen atoms in total. The second-order valence-corrected chi connectivity index (χ2v) is 12.5. The molecule has 0 amide bonds. The Kier molecular flexibility index (Phi) is 8.84. The lowest BCUT2D eigenvalue weighted by atomic mass is 10.0. The molecule has 0 N–H and O–H groups in total. The second kappa shape index (κ2) is 12.2. The second-order valence-electron chi connectivity index (χ2n) is 10.2. The summed E-state index contributed by atoms with van der Waals surface area (Å²) in [6, 6.07) is 12.9. The van der Waals surface area contributed by atoms with E-state index in [4.69, 9.17) is 21.1 Å². The number of sulfonamides is 1. The van der Waals surface area contributed by atoms with E-state index in [-0.39, 0.29) is 28.6 Å². The lowest BCUT2D eigenvalue weighted by Crippen LogP contribution is -2.45. The number of hydrogen-bond acceptors (Lipinski definition) is 5. The molecule has 0 unspecified atom stereocenters. The van der Waals surface area contributed by atoms with Gasteiger partial charge in [-0.3, -0.25) is 9.21 Å². The van der Waals surface area contributed by atoms with Gasteiger partial charge in [0.2, 0.25) is 0 Å². The highest BCUT2D eigenvalue weighted by Crippen LogP contribution is 2.40. The molecule has 0 saturated carbocycles. The zero-order chi connectivity index (χ0) is 30.1. The first-order valence-corrected chi connectivity index (χ1v) is 15.2. The first-order valence-electron chi connectivity index (χ1n) is 13.4. The van der Waals surface area contributed by atoms with Gasteiger partial charge in [-0.25, -0.2) is 12.8 Å². The molecule has 2 heterocycles. The van der Waals surface area contributed by atoms with Gasteiger partial charge in [-0.1, -0.05) is 35.9 Å². The van der Waals surface area contributed by atoms with E-state index in [1.54, 1.807) is 37.3 Å². The molecule has 0 radical (unpaired) electrons. The van der Waals surface area contributed by atoms with Crippen LogP contribution in [0, 0.1) is 5.82 Å². The summed E-state index contributed by atoms with van der Waals surface area (Å²) < 4.78 is 95.4. The van der Waals surface area contributed by atoms with Crippen LogP contribution in [0.2, 0.25) is 5.02 Å². The van der Waals surface area contributed by atoms with E-state index in [0.717, 1.165) is 35.6 Å². The summed E-state index contributed by atoms with van der Waals surface area (Å²) in [5.74, 6) is -0.225. The first kappa shape index (κ1) is 30.3. The Labute approximate surface area is 247 Å². The van der Waals surface area contributed by atoms with Gasteiger partial charge in [-0.2, -0.15) is 13.2 Å². The maximum absolute atomic E-state index is 14.5. The van der Waals surface area contributed by atoms with Crippen LogP contribution in [0.15, 0.2) is 65.6 Å². The summed E-state index contributed by atoms with van der Waals surface area (Å²) in [5, 5.41) is 0.224. The van der Waals surface area contributed by atoms with Crippen LogP contribution in [0.3, 0.4) is 0 Å². The Morgan fingerprint density at radius 2 is 1.81 bits per heavy atom. The van der Waals surface area contributed by atoms with Crippen LogP contribution in [0.4, 0.5) is 23.2 Å². The zero-order valence-corrected chi connectivity index (χ0v) is 24.3. The molecule has 3 aromatic carbocycles. The number of hydrogen-bond donors (Lipinski definition) is 0. The van der Waals surface area contributed by atoms with Gasteiger partial charge in [0.15, 0.2) is 0 Å². The van der Waals surface area contributed by atoms with Crippen molar-refractivity contribution in [1.82, 2.24) is 4.90 Å². The molecule has 3 aromatic rings. The minimum absolute atomic E-state index is 0.0960. The number of morpholine rings is 1. The Morgan fingerprint density at radius 1 is 1.07 bits per heavy atom.